The smallest absolute Gasteiger partial charge is 0.338 e. The summed E-state index contributed by atoms with van der Waals surface area (Å²) in [5.41, 5.74) is 0.414. The molecule has 10 heteroatoms. The summed E-state index contributed by atoms with van der Waals surface area (Å²) in [6.07, 6.45) is -1.12. The Morgan fingerprint density at radius 3 is 2.23 bits per heavy atom. The number of anilines is 1. The Hall–Kier alpha value is -2.13. The Morgan fingerprint density at radius 1 is 1.07 bits per heavy atom. The SMILES string of the molecule is CCN(CC)S(=O)(=O)c1ccc(C(=O)OC(C)C(=O)Nc2cc(Cl)ccc2Cl)cc1. The first-order valence-electron chi connectivity index (χ1n) is 9.17. The number of halogens is 2. The summed E-state index contributed by atoms with van der Waals surface area (Å²) < 4.78 is 31.5. The van der Waals surface area contributed by atoms with E-state index in [-0.39, 0.29) is 15.5 Å². The van der Waals surface area contributed by atoms with E-state index in [1.54, 1.807) is 19.9 Å². The zero-order valence-corrected chi connectivity index (χ0v) is 19.0. The molecular weight excluding hydrogens is 451 g/mol. The van der Waals surface area contributed by atoms with Gasteiger partial charge in [-0.3, -0.25) is 4.79 Å². The number of hydrogen-bond acceptors (Lipinski definition) is 5. The van der Waals surface area contributed by atoms with E-state index in [9.17, 15) is 18.0 Å². The molecule has 2 aromatic rings. The lowest BCUT2D eigenvalue weighted by molar-refractivity contribution is -0.123. The first-order valence-corrected chi connectivity index (χ1v) is 11.4. The van der Waals surface area contributed by atoms with E-state index in [0.717, 1.165) is 0 Å². The van der Waals surface area contributed by atoms with E-state index in [1.807, 2.05) is 0 Å². The van der Waals surface area contributed by atoms with Gasteiger partial charge in [-0.2, -0.15) is 4.31 Å². The van der Waals surface area contributed by atoms with Gasteiger partial charge in [0.05, 0.1) is 21.2 Å². The van der Waals surface area contributed by atoms with E-state index in [1.165, 1.54) is 47.6 Å². The Balaban J connectivity index is 2.06. The molecule has 0 spiro atoms. The third kappa shape index (κ3) is 5.72. The Morgan fingerprint density at radius 2 is 1.67 bits per heavy atom. The van der Waals surface area contributed by atoms with Crippen LogP contribution < -0.4 is 5.32 Å². The molecule has 1 N–H and O–H groups in total. The number of carbonyl (C=O) groups is 2. The summed E-state index contributed by atoms with van der Waals surface area (Å²) in [4.78, 5) is 24.7. The molecule has 2 aromatic carbocycles. The molecule has 30 heavy (non-hydrogen) atoms. The van der Waals surface area contributed by atoms with Crippen molar-refractivity contribution in [1.29, 1.82) is 0 Å². The molecule has 0 aliphatic carbocycles. The van der Waals surface area contributed by atoms with Crippen molar-refractivity contribution < 1.29 is 22.7 Å². The van der Waals surface area contributed by atoms with Crippen LogP contribution in [-0.2, 0) is 19.6 Å². The molecule has 1 atom stereocenters. The van der Waals surface area contributed by atoms with Gasteiger partial charge in [-0.1, -0.05) is 37.0 Å². The zero-order valence-electron chi connectivity index (χ0n) is 16.7. The number of ether oxygens (including phenoxy) is 1. The lowest BCUT2D eigenvalue weighted by atomic mass is 10.2. The number of sulfonamides is 1. The lowest BCUT2D eigenvalue weighted by Crippen LogP contribution is -2.31. The summed E-state index contributed by atoms with van der Waals surface area (Å²) >= 11 is 11.9. The number of nitrogens with zero attached hydrogens (tertiary/aromatic N) is 1. The van der Waals surface area contributed by atoms with E-state index >= 15 is 0 Å². The highest BCUT2D eigenvalue weighted by molar-refractivity contribution is 7.89. The predicted molar refractivity (Wildman–Crippen MR) is 117 cm³/mol. The third-order valence-corrected chi connectivity index (χ3v) is 6.90. The van der Waals surface area contributed by atoms with E-state index in [0.29, 0.717) is 23.8 Å². The molecule has 0 radical (unpaired) electrons. The van der Waals surface area contributed by atoms with Crippen LogP contribution in [-0.4, -0.2) is 43.8 Å². The van der Waals surface area contributed by atoms with Crippen molar-refractivity contribution in [3.63, 3.8) is 0 Å². The Bertz CT molecular complexity index is 1020. The van der Waals surface area contributed by atoms with Crippen molar-refractivity contribution in [3.05, 3.63) is 58.1 Å². The number of esters is 1. The van der Waals surface area contributed by atoms with E-state index in [4.69, 9.17) is 27.9 Å². The van der Waals surface area contributed by atoms with Crippen molar-refractivity contribution in [2.75, 3.05) is 18.4 Å². The van der Waals surface area contributed by atoms with Gasteiger partial charge in [0.15, 0.2) is 6.10 Å². The summed E-state index contributed by atoms with van der Waals surface area (Å²) in [6.45, 7) is 5.58. The molecule has 2 rings (SSSR count). The largest absolute Gasteiger partial charge is 0.449 e. The molecule has 0 aromatic heterocycles. The van der Waals surface area contributed by atoms with Gasteiger partial charge in [-0.15, -0.1) is 0 Å². The van der Waals surface area contributed by atoms with E-state index < -0.39 is 28.0 Å². The van der Waals surface area contributed by atoms with Crippen molar-refractivity contribution >= 4 is 50.8 Å². The fourth-order valence-electron chi connectivity index (χ4n) is 2.59. The van der Waals surface area contributed by atoms with Crippen LogP contribution >= 0.6 is 23.2 Å². The molecular formula is C20H22Cl2N2O5S. The molecule has 162 valence electrons. The molecule has 0 saturated carbocycles. The van der Waals surface area contributed by atoms with Crippen LogP contribution in [0.15, 0.2) is 47.4 Å². The predicted octanol–water partition coefficient (Wildman–Crippen LogP) is 4.21. The minimum absolute atomic E-state index is 0.0733. The van der Waals surface area contributed by atoms with Gasteiger partial charge in [0.1, 0.15) is 0 Å². The number of nitrogens with one attached hydrogen (secondary N) is 1. The van der Waals surface area contributed by atoms with Crippen LogP contribution in [0.3, 0.4) is 0 Å². The van der Waals surface area contributed by atoms with Gasteiger partial charge in [0.25, 0.3) is 5.91 Å². The first kappa shape index (κ1) is 24.1. The van der Waals surface area contributed by atoms with Gasteiger partial charge in [0.2, 0.25) is 10.0 Å². The third-order valence-electron chi connectivity index (χ3n) is 4.27. The second kappa shape index (κ2) is 10.3. The topological polar surface area (TPSA) is 92.8 Å². The maximum absolute atomic E-state index is 12.5. The lowest BCUT2D eigenvalue weighted by Gasteiger charge is -2.18. The molecule has 0 saturated heterocycles. The number of hydrogen-bond donors (Lipinski definition) is 1. The number of rotatable bonds is 8. The zero-order chi connectivity index (χ0) is 22.5. The summed E-state index contributed by atoms with van der Waals surface area (Å²) in [6, 6.07) is 9.94. The van der Waals surface area contributed by atoms with Gasteiger partial charge in [-0.05, 0) is 49.4 Å². The maximum Gasteiger partial charge on any atom is 0.338 e. The van der Waals surface area contributed by atoms with Crippen LogP contribution in [0.1, 0.15) is 31.1 Å². The highest BCUT2D eigenvalue weighted by Gasteiger charge is 2.23. The maximum atomic E-state index is 12.5. The van der Waals surface area contributed by atoms with Gasteiger partial charge < -0.3 is 10.1 Å². The number of carbonyl (C=O) groups excluding carboxylic acids is 2. The summed E-state index contributed by atoms with van der Waals surface area (Å²) in [5.74, 6) is -1.35. The van der Waals surface area contributed by atoms with Crippen molar-refractivity contribution in [2.24, 2.45) is 0 Å². The Labute approximate surface area is 186 Å². The van der Waals surface area contributed by atoms with E-state index in [2.05, 4.69) is 5.32 Å². The molecule has 0 aliphatic heterocycles. The van der Waals surface area contributed by atoms with Crippen molar-refractivity contribution in [3.8, 4) is 0 Å². The van der Waals surface area contributed by atoms with Gasteiger partial charge in [0, 0.05) is 18.1 Å². The number of benzene rings is 2. The molecule has 0 bridgehead atoms. The highest BCUT2D eigenvalue weighted by Crippen LogP contribution is 2.25. The van der Waals surface area contributed by atoms with Crippen LogP contribution in [0.5, 0.6) is 0 Å². The van der Waals surface area contributed by atoms with Crippen LogP contribution in [0.2, 0.25) is 10.0 Å². The normalized spacial score (nSPS) is 12.5. The Kier molecular flexibility index (Phi) is 8.25. The summed E-state index contributed by atoms with van der Waals surface area (Å²) in [7, 11) is -3.63. The second-order valence-electron chi connectivity index (χ2n) is 6.27. The minimum Gasteiger partial charge on any atom is -0.449 e. The average molecular weight is 473 g/mol. The van der Waals surface area contributed by atoms with Crippen LogP contribution in [0.25, 0.3) is 0 Å². The summed E-state index contributed by atoms with van der Waals surface area (Å²) in [5, 5.41) is 3.22. The highest BCUT2D eigenvalue weighted by atomic mass is 35.5. The molecule has 0 aliphatic rings. The van der Waals surface area contributed by atoms with Crippen molar-refractivity contribution in [1.82, 2.24) is 4.31 Å². The average Bonchev–Trinajstić information content (AvgIpc) is 2.71. The quantitative estimate of drug-likeness (QED) is 0.580. The molecule has 7 nitrogen and oxygen atoms in total. The molecule has 0 fully saturated rings. The molecule has 1 unspecified atom stereocenters. The monoisotopic (exact) mass is 472 g/mol. The van der Waals surface area contributed by atoms with Gasteiger partial charge >= 0.3 is 5.97 Å². The minimum atomic E-state index is -3.63. The standard InChI is InChI=1S/C20H22Cl2N2O5S/c1-4-24(5-2)30(27,28)16-9-6-14(7-10-16)20(26)29-13(3)19(25)23-18-12-15(21)8-11-17(18)22/h6-13H,4-5H2,1-3H3,(H,23,25). The van der Waals surface area contributed by atoms with Crippen LogP contribution in [0.4, 0.5) is 5.69 Å². The number of amides is 1. The van der Waals surface area contributed by atoms with Crippen molar-refractivity contribution in [2.45, 2.75) is 31.8 Å². The molecule has 1 amide bonds. The molecule has 0 heterocycles. The fourth-order valence-corrected chi connectivity index (χ4v) is 4.38. The van der Waals surface area contributed by atoms with Crippen LogP contribution in [0, 0.1) is 0 Å². The second-order valence-corrected chi connectivity index (χ2v) is 9.06. The first-order chi connectivity index (χ1) is 14.1. The fraction of sp³-hybridized carbons (Fsp3) is 0.300. The van der Waals surface area contributed by atoms with Gasteiger partial charge in [-0.25, -0.2) is 13.2 Å².